The monoisotopic (exact) mass is 449 g/mol. The molecule has 0 radical (unpaired) electrons. The Morgan fingerprint density at radius 1 is 0.958 bits per heavy atom. The van der Waals surface area contributed by atoms with Crippen LogP contribution in [-0.4, -0.2) is 13.0 Å². The van der Waals surface area contributed by atoms with Gasteiger partial charge in [0, 0.05) is 25.7 Å². The Labute approximate surface area is 156 Å². The van der Waals surface area contributed by atoms with E-state index in [9.17, 15) is 13.2 Å². The average Bonchev–Trinajstić information content (AvgIpc) is 2.54. The molecule has 3 nitrogen and oxygen atoms in total. The average molecular weight is 449 g/mol. The maximum Gasteiger partial charge on any atom is 0.191 e. The number of nitrogens with one attached hydrogen (secondary N) is 2. The summed E-state index contributed by atoms with van der Waals surface area (Å²) < 4.78 is 40.2. The Hall–Kier alpha value is -1.77. The molecule has 2 aromatic carbocycles. The highest BCUT2D eigenvalue weighted by Crippen LogP contribution is 2.10. The zero-order valence-corrected chi connectivity index (χ0v) is 15.7. The van der Waals surface area contributed by atoms with E-state index in [2.05, 4.69) is 15.6 Å². The van der Waals surface area contributed by atoms with Gasteiger partial charge in [0.05, 0.1) is 0 Å². The van der Waals surface area contributed by atoms with Gasteiger partial charge in [0.25, 0.3) is 0 Å². The summed E-state index contributed by atoms with van der Waals surface area (Å²) in [5.74, 6) is -0.847. The summed E-state index contributed by atoms with van der Waals surface area (Å²) in [6, 6.07) is 8.23. The predicted octanol–water partition coefficient (Wildman–Crippen LogP) is 3.90. The van der Waals surface area contributed by atoms with Crippen LogP contribution in [0.5, 0.6) is 0 Å². The Morgan fingerprint density at radius 3 is 2.33 bits per heavy atom. The molecule has 0 aliphatic carbocycles. The van der Waals surface area contributed by atoms with Gasteiger partial charge in [-0.05, 0) is 42.3 Å². The number of rotatable bonds is 4. The number of guanidine groups is 1. The first-order valence-corrected chi connectivity index (χ1v) is 7.13. The van der Waals surface area contributed by atoms with Gasteiger partial charge in [-0.2, -0.15) is 0 Å². The van der Waals surface area contributed by atoms with Gasteiger partial charge >= 0.3 is 0 Å². The van der Waals surface area contributed by atoms with Crippen molar-refractivity contribution in [3.63, 3.8) is 0 Å². The summed E-state index contributed by atoms with van der Waals surface area (Å²) in [5.41, 5.74) is 1.54. The van der Waals surface area contributed by atoms with Crippen LogP contribution in [0.2, 0.25) is 0 Å². The van der Waals surface area contributed by atoms with Crippen LogP contribution in [0.4, 0.5) is 13.2 Å². The topological polar surface area (TPSA) is 36.4 Å². The zero-order chi connectivity index (χ0) is 16.8. The van der Waals surface area contributed by atoms with E-state index < -0.39 is 11.6 Å². The van der Waals surface area contributed by atoms with Gasteiger partial charge in [-0.25, -0.2) is 13.2 Å². The van der Waals surface area contributed by atoms with Crippen molar-refractivity contribution >= 4 is 29.9 Å². The lowest BCUT2D eigenvalue weighted by molar-refractivity contribution is 0.581. The lowest BCUT2D eigenvalue weighted by Crippen LogP contribution is -2.36. The smallest absolute Gasteiger partial charge is 0.191 e. The Balaban J connectivity index is 0.00000288. The van der Waals surface area contributed by atoms with E-state index in [0.29, 0.717) is 18.1 Å². The molecule has 2 N–H and O–H groups in total. The molecule has 130 valence electrons. The quantitative estimate of drug-likeness (QED) is 0.422. The van der Waals surface area contributed by atoms with Crippen molar-refractivity contribution in [3.05, 3.63) is 70.5 Å². The van der Waals surface area contributed by atoms with Crippen LogP contribution in [0.1, 0.15) is 16.7 Å². The summed E-state index contributed by atoms with van der Waals surface area (Å²) in [6.07, 6.45) is 0. The first-order chi connectivity index (χ1) is 11.0. The number of hydrogen-bond acceptors (Lipinski definition) is 1. The maximum atomic E-state index is 13.5. The highest BCUT2D eigenvalue weighted by Gasteiger charge is 2.06. The van der Waals surface area contributed by atoms with E-state index >= 15 is 0 Å². The molecule has 0 saturated carbocycles. The lowest BCUT2D eigenvalue weighted by atomic mass is 10.1. The van der Waals surface area contributed by atoms with E-state index in [-0.39, 0.29) is 41.9 Å². The minimum Gasteiger partial charge on any atom is -0.352 e. The van der Waals surface area contributed by atoms with Crippen LogP contribution in [-0.2, 0) is 13.1 Å². The van der Waals surface area contributed by atoms with Gasteiger partial charge in [0.15, 0.2) is 5.96 Å². The molecule has 0 unspecified atom stereocenters. The van der Waals surface area contributed by atoms with Crippen molar-refractivity contribution in [1.82, 2.24) is 10.6 Å². The molecule has 2 aromatic rings. The third kappa shape index (κ3) is 5.70. The van der Waals surface area contributed by atoms with Gasteiger partial charge in [0.2, 0.25) is 0 Å². The van der Waals surface area contributed by atoms with Gasteiger partial charge in [-0.15, -0.1) is 24.0 Å². The van der Waals surface area contributed by atoms with Gasteiger partial charge < -0.3 is 10.6 Å². The summed E-state index contributed by atoms with van der Waals surface area (Å²) in [7, 11) is 1.56. The summed E-state index contributed by atoms with van der Waals surface area (Å²) in [4.78, 5) is 3.99. The van der Waals surface area contributed by atoms with Crippen LogP contribution < -0.4 is 10.6 Å². The lowest BCUT2D eigenvalue weighted by Gasteiger charge is -2.13. The van der Waals surface area contributed by atoms with Crippen LogP contribution in [0.25, 0.3) is 0 Å². The molecule has 2 rings (SSSR count). The largest absolute Gasteiger partial charge is 0.352 e. The van der Waals surface area contributed by atoms with Crippen molar-refractivity contribution < 1.29 is 13.2 Å². The molecule has 0 amide bonds. The second-order valence-electron chi connectivity index (χ2n) is 5.10. The molecule has 0 saturated heterocycles. The molecule has 0 aliphatic heterocycles. The molecule has 24 heavy (non-hydrogen) atoms. The zero-order valence-electron chi connectivity index (χ0n) is 13.4. The van der Waals surface area contributed by atoms with Crippen molar-refractivity contribution in [2.75, 3.05) is 7.05 Å². The van der Waals surface area contributed by atoms with E-state index in [0.717, 1.165) is 23.8 Å². The van der Waals surface area contributed by atoms with Crippen LogP contribution >= 0.6 is 24.0 Å². The first kappa shape index (κ1) is 20.3. The van der Waals surface area contributed by atoms with Gasteiger partial charge in [-0.3, -0.25) is 4.99 Å². The van der Waals surface area contributed by atoms with Crippen LogP contribution in [0.3, 0.4) is 0 Å². The molecule has 0 heterocycles. The highest BCUT2D eigenvalue weighted by molar-refractivity contribution is 14.0. The van der Waals surface area contributed by atoms with Crippen molar-refractivity contribution in [2.45, 2.75) is 20.0 Å². The molecule has 0 spiro atoms. The summed E-state index contributed by atoms with van der Waals surface area (Å²) in [5, 5.41) is 5.88. The predicted molar refractivity (Wildman–Crippen MR) is 99.9 cm³/mol. The Kier molecular flexibility index (Phi) is 8.03. The Morgan fingerprint density at radius 2 is 1.67 bits per heavy atom. The maximum absolute atomic E-state index is 13.5. The number of aryl methyl sites for hydroxylation is 1. The van der Waals surface area contributed by atoms with Crippen molar-refractivity contribution in [2.24, 2.45) is 4.99 Å². The van der Waals surface area contributed by atoms with Crippen LogP contribution in [0.15, 0.2) is 41.4 Å². The van der Waals surface area contributed by atoms with Gasteiger partial charge in [-0.1, -0.05) is 12.1 Å². The standard InChI is InChI=1S/C17H18F3N3.HI/c1-11-3-4-12(7-16(11)20)9-22-17(21-2)23-10-13-8-14(18)5-6-15(13)19;/h3-8H,9-10H2,1-2H3,(H2,21,22,23);1H. The molecule has 7 heteroatoms. The minimum atomic E-state index is -0.499. The Bertz CT molecular complexity index is 720. The molecule has 0 fully saturated rings. The van der Waals surface area contributed by atoms with Crippen molar-refractivity contribution in [1.29, 1.82) is 0 Å². The molecular formula is C17H19F3IN3. The van der Waals surface area contributed by atoms with Gasteiger partial charge in [0.1, 0.15) is 17.5 Å². The normalized spacial score (nSPS) is 11.0. The van der Waals surface area contributed by atoms with E-state index in [4.69, 9.17) is 0 Å². The van der Waals surface area contributed by atoms with E-state index in [1.54, 1.807) is 20.0 Å². The fraction of sp³-hybridized carbons (Fsp3) is 0.235. The number of aliphatic imine (C=N–C) groups is 1. The number of hydrogen-bond donors (Lipinski definition) is 2. The minimum absolute atomic E-state index is 0. The number of benzene rings is 2. The molecule has 0 aromatic heterocycles. The second kappa shape index (κ2) is 9.51. The molecule has 0 atom stereocenters. The summed E-state index contributed by atoms with van der Waals surface area (Å²) in [6.45, 7) is 2.15. The van der Waals surface area contributed by atoms with Crippen molar-refractivity contribution in [3.8, 4) is 0 Å². The highest BCUT2D eigenvalue weighted by atomic mass is 127. The van der Waals surface area contributed by atoms with Crippen LogP contribution in [0, 0.1) is 24.4 Å². The third-order valence-corrected chi connectivity index (χ3v) is 3.37. The fourth-order valence-electron chi connectivity index (χ4n) is 2.01. The van der Waals surface area contributed by atoms with E-state index in [1.165, 1.54) is 6.07 Å². The molecule has 0 aliphatic rings. The molecular weight excluding hydrogens is 430 g/mol. The number of nitrogens with zero attached hydrogens (tertiary/aromatic N) is 1. The number of halogens is 4. The fourth-order valence-corrected chi connectivity index (χ4v) is 2.01. The first-order valence-electron chi connectivity index (χ1n) is 7.13. The van der Waals surface area contributed by atoms with E-state index in [1.807, 2.05) is 6.07 Å². The molecule has 0 bridgehead atoms. The second-order valence-corrected chi connectivity index (χ2v) is 5.10. The third-order valence-electron chi connectivity index (χ3n) is 3.37. The SMILES string of the molecule is CN=C(NCc1ccc(C)c(F)c1)NCc1cc(F)ccc1F.I. The summed E-state index contributed by atoms with van der Waals surface area (Å²) >= 11 is 0.